The number of aromatic nitrogens is 1. The van der Waals surface area contributed by atoms with Crippen LogP contribution in [0.15, 0.2) is 72.9 Å². The van der Waals surface area contributed by atoms with Crippen LogP contribution in [0.4, 0.5) is 10.1 Å². The fourth-order valence-electron chi connectivity index (χ4n) is 3.46. The largest absolute Gasteiger partial charge is 0.505 e. The van der Waals surface area contributed by atoms with E-state index in [9.17, 15) is 9.50 Å². The minimum atomic E-state index is -0.433. The fraction of sp³-hybridized carbons (Fsp3) is 0.125. The van der Waals surface area contributed by atoms with Gasteiger partial charge in [-0.05, 0) is 48.4 Å². The monoisotopic (exact) mass is 388 g/mol. The molecular weight excluding hydrogens is 367 g/mol. The van der Waals surface area contributed by atoms with Crippen molar-refractivity contribution >= 4 is 16.6 Å². The van der Waals surface area contributed by atoms with Gasteiger partial charge in [0.15, 0.2) is 0 Å². The predicted molar refractivity (Wildman–Crippen MR) is 113 cm³/mol. The maximum absolute atomic E-state index is 13.5. The second kappa shape index (κ2) is 7.80. The lowest BCUT2D eigenvalue weighted by Crippen LogP contribution is -2.14. The molecule has 146 valence electrons. The molecule has 0 aliphatic rings. The normalized spacial score (nSPS) is 12.0. The van der Waals surface area contributed by atoms with Gasteiger partial charge in [0.1, 0.15) is 22.8 Å². The minimum absolute atomic E-state index is 0.0940. The van der Waals surface area contributed by atoms with Crippen LogP contribution >= 0.6 is 0 Å². The number of pyridine rings is 1. The van der Waals surface area contributed by atoms with E-state index in [1.54, 1.807) is 25.4 Å². The third-order valence-electron chi connectivity index (χ3n) is 4.95. The molecule has 4 nitrogen and oxygen atoms in total. The van der Waals surface area contributed by atoms with E-state index < -0.39 is 6.04 Å². The summed E-state index contributed by atoms with van der Waals surface area (Å²) in [6.07, 6.45) is 1.65. The summed E-state index contributed by atoms with van der Waals surface area (Å²) in [5.74, 6) is 0.461. The van der Waals surface area contributed by atoms with Crippen molar-refractivity contribution in [2.45, 2.75) is 13.0 Å². The van der Waals surface area contributed by atoms with Crippen LogP contribution < -0.4 is 10.1 Å². The average molecular weight is 388 g/mol. The van der Waals surface area contributed by atoms with E-state index >= 15 is 0 Å². The number of hydrogen-bond acceptors (Lipinski definition) is 4. The third kappa shape index (κ3) is 3.72. The Morgan fingerprint density at radius 2 is 1.83 bits per heavy atom. The molecule has 0 aliphatic carbocycles. The van der Waals surface area contributed by atoms with Gasteiger partial charge in [-0.25, -0.2) is 4.39 Å². The number of rotatable bonds is 5. The van der Waals surface area contributed by atoms with Gasteiger partial charge in [0.25, 0.3) is 0 Å². The second-order valence-corrected chi connectivity index (χ2v) is 6.91. The molecule has 5 heteroatoms. The molecule has 1 aromatic heterocycles. The summed E-state index contributed by atoms with van der Waals surface area (Å²) >= 11 is 0. The van der Waals surface area contributed by atoms with Gasteiger partial charge in [-0.3, -0.25) is 4.98 Å². The second-order valence-electron chi connectivity index (χ2n) is 6.91. The number of phenols is 1. The Hall–Kier alpha value is -3.60. The van der Waals surface area contributed by atoms with Gasteiger partial charge >= 0.3 is 0 Å². The Bertz CT molecular complexity index is 1160. The van der Waals surface area contributed by atoms with Crippen molar-refractivity contribution in [2.75, 3.05) is 12.4 Å². The molecule has 29 heavy (non-hydrogen) atoms. The number of phenolic OH excluding ortho intramolecular Hbond substituents is 1. The van der Waals surface area contributed by atoms with Crippen molar-refractivity contribution in [1.82, 2.24) is 4.98 Å². The van der Waals surface area contributed by atoms with E-state index in [0.717, 1.165) is 22.2 Å². The molecule has 4 rings (SSSR count). The lowest BCUT2D eigenvalue weighted by atomic mass is 9.95. The maximum atomic E-state index is 13.5. The minimum Gasteiger partial charge on any atom is -0.505 e. The third-order valence-corrected chi connectivity index (χ3v) is 4.95. The number of halogens is 1. The maximum Gasteiger partial charge on any atom is 0.147 e. The molecule has 0 radical (unpaired) electrons. The molecule has 1 heterocycles. The molecule has 0 spiro atoms. The van der Waals surface area contributed by atoms with E-state index in [2.05, 4.69) is 10.3 Å². The van der Waals surface area contributed by atoms with E-state index in [1.807, 2.05) is 49.4 Å². The molecule has 0 fully saturated rings. The first-order valence-corrected chi connectivity index (χ1v) is 9.30. The molecule has 4 aromatic rings. The van der Waals surface area contributed by atoms with Crippen molar-refractivity contribution in [3.63, 3.8) is 0 Å². The smallest absolute Gasteiger partial charge is 0.147 e. The van der Waals surface area contributed by atoms with Crippen LogP contribution in [0, 0.1) is 12.7 Å². The summed E-state index contributed by atoms with van der Waals surface area (Å²) in [6, 6.07) is 19.1. The summed E-state index contributed by atoms with van der Waals surface area (Å²) < 4.78 is 19.0. The molecule has 1 unspecified atom stereocenters. The highest BCUT2D eigenvalue weighted by Crippen LogP contribution is 2.38. The Labute approximate surface area is 168 Å². The van der Waals surface area contributed by atoms with E-state index in [4.69, 9.17) is 4.74 Å². The molecule has 1 atom stereocenters. The molecule has 2 N–H and O–H groups in total. The number of anilines is 1. The van der Waals surface area contributed by atoms with Crippen molar-refractivity contribution in [3.05, 3.63) is 95.4 Å². The zero-order valence-electron chi connectivity index (χ0n) is 16.2. The number of hydrogen-bond donors (Lipinski definition) is 2. The zero-order valence-corrected chi connectivity index (χ0v) is 16.2. The van der Waals surface area contributed by atoms with Crippen LogP contribution in [0.2, 0.25) is 0 Å². The number of ether oxygens (including phenoxy) is 1. The predicted octanol–water partition coefficient (Wildman–Crippen LogP) is 5.60. The number of aryl methyl sites for hydroxylation is 1. The van der Waals surface area contributed by atoms with Crippen molar-refractivity contribution in [3.8, 4) is 11.5 Å². The average Bonchev–Trinajstić information content (AvgIpc) is 2.74. The fourth-order valence-corrected chi connectivity index (χ4v) is 3.46. The molecule has 3 aromatic carbocycles. The van der Waals surface area contributed by atoms with Crippen LogP contribution in [0.1, 0.15) is 22.7 Å². The number of nitrogens with zero attached hydrogens (tertiary/aromatic N) is 1. The number of methoxy groups -OCH3 is 1. The first kappa shape index (κ1) is 18.7. The standard InChI is InChI=1S/C24H21FN2O2/c1-15-5-12-21(29-2)20(14-15)27-22(17-6-9-18(25)10-7-17)19-11-8-16-4-3-13-26-23(16)24(19)28/h3-14,22,27-28H,1-2H3. The van der Waals surface area contributed by atoms with E-state index in [0.29, 0.717) is 16.8 Å². The van der Waals surface area contributed by atoms with Crippen molar-refractivity contribution < 1.29 is 14.2 Å². The number of aromatic hydroxyl groups is 1. The number of benzene rings is 3. The summed E-state index contributed by atoms with van der Waals surface area (Å²) in [6.45, 7) is 1.99. The molecule has 0 saturated carbocycles. The summed E-state index contributed by atoms with van der Waals surface area (Å²) in [4.78, 5) is 4.32. The van der Waals surface area contributed by atoms with Gasteiger partial charge in [0.05, 0.1) is 18.8 Å². The molecule has 0 amide bonds. The zero-order chi connectivity index (χ0) is 20.4. The molecular formula is C24H21FN2O2. The van der Waals surface area contributed by atoms with Gasteiger partial charge < -0.3 is 15.2 Å². The highest BCUT2D eigenvalue weighted by molar-refractivity contribution is 5.86. The SMILES string of the molecule is COc1ccc(C)cc1NC(c1ccc(F)cc1)c1ccc2cccnc2c1O. The first-order valence-electron chi connectivity index (χ1n) is 9.30. The van der Waals surface area contributed by atoms with Crippen LogP contribution in [-0.2, 0) is 0 Å². The topological polar surface area (TPSA) is 54.4 Å². The van der Waals surface area contributed by atoms with E-state index in [1.165, 1.54) is 12.1 Å². The van der Waals surface area contributed by atoms with E-state index in [-0.39, 0.29) is 11.6 Å². The quantitative estimate of drug-likeness (QED) is 0.467. The lowest BCUT2D eigenvalue weighted by molar-refractivity contribution is 0.416. The first-order chi connectivity index (χ1) is 14.1. The Morgan fingerprint density at radius 3 is 2.59 bits per heavy atom. The summed E-state index contributed by atoms with van der Waals surface area (Å²) in [5, 5.41) is 15.3. The number of nitrogens with one attached hydrogen (secondary N) is 1. The Morgan fingerprint density at radius 1 is 1.03 bits per heavy atom. The molecule has 0 bridgehead atoms. The molecule has 0 aliphatic heterocycles. The lowest BCUT2D eigenvalue weighted by Gasteiger charge is -2.24. The van der Waals surface area contributed by atoms with Crippen LogP contribution in [0.5, 0.6) is 11.5 Å². The highest BCUT2D eigenvalue weighted by Gasteiger charge is 2.21. The van der Waals surface area contributed by atoms with Gasteiger partial charge in [-0.15, -0.1) is 0 Å². The molecule has 0 saturated heterocycles. The Balaban J connectivity index is 1.87. The van der Waals surface area contributed by atoms with Gasteiger partial charge in [-0.1, -0.05) is 36.4 Å². The summed E-state index contributed by atoms with van der Waals surface area (Å²) in [7, 11) is 1.61. The van der Waals surface area contributed by atoms with Gasteiger partial charge in [-0.2, -0.15) is 0 Å². The van der Waals surface area contributed by atoms with Crippen LogP contribution in [0.3, 0.4) is 0 Å². The van der Waals surface area contributed by atoms with Crippen molar-refractivity contribution in [2.24, 2.45) is 0 Å². The van der Waals surface area contributed by atoms with Crippen LogP contribution in [-0.4, -0.2) is 17.2 Å². The number of fused-ring (bicyclic) bond motifs is 1. The highest BCUT2D eigenvalue weighted by atomic mass is 19.1. The van der Waals surface area contributed by atoms with Gasteiger partial charge in [0, 0.05) is 17.1 Å². The summed E-state index contributed by atoms with van der Waals surface area (Å²) in [5.41, 5.74) is 3.82. The van der Waals surface area contributed by atoms with Gasteiger partial charge in [0.2, 0.25) is 0 Å². The van der Waals surface area contributed by atoms with Crippen LogP contribution in [0.25, 0.3) is 10.9 Å². The van der Waals surface area contributed by atoms with Crippen molar-refractivity contribution in [1.29, 1.82) is 0 Å². The Kier molecular flexibility index (Phi) is 5.04.